The van der Waals surface area contributed by atoms with E-state index in [1.807, 2.05) is 0 Å². The van der Waals surface area contributed by atoms with Crippen LogP contribution in [0.3, 0.4) is 0 Å². The van der Waals surface area contributed by atoms with Crippen LogP contribution in [-0.2, 0) is 10.0 Å². The maximum absolute atomic E-state index is 12.2. The van der Waals surface area contributed by atoms with Crippen molar-refractivity contribution < 1.29 is 13.5 Å². The Morgan fingerprint density at radius 3 is 2.44 bits per heavy atom. The number of hydrogen-bond acceptors (Lipinski definition) is 3. The van der Waals surface area contributed by atoms with Crippen LogP contribution in [-0.4, -0.2) is 37.5 Å². The van der Waals surface area contributed by atoms with Crippen LogP contribution in [0.1, 0.15) is 12.5 Å². The summed E-state index contributed by atoms with van der Waals surface area (Å²) in [5, 5.41) is 8.98. The second kappa shape index (κ2) is 4.95. The van der Waals surface area contributed by atoms with Gasteiger partial charge in [0.1, 0.15) is 0 Å². The van der Waals surface area contributed by atoms with Crippen LogP contribution in [0.5, 0.6) is 0 Å². The standard InChI is InChI=1S/C11H17NO3S/c1-9-6-4-5-7-11(9)16(14,15)12(3)10(2)8-13/h4-7,10,13H,8H2,1-3H3. The highest BCUT2D eigenvalue weighted by Crippen LogP contribution is 2.19. The van der Waals surface area contributed by atoms with Gasteiger partial charge in [0.05, 0.1) is 11.5 Å². The van der Waals surface area contributed by atoms with Crippen molar-refractivity contribution in [3.8, 4) is 0 Å². The molecular weight excluding hydrogens is 226 g/mol. The Kier molecular flexibility index (Phi) is 4.07. The van der Waals surface area contributed by atoms with Gasteiger partial charge in [0.2, 0.25) is 10.0 Å². The molecule has 1 atom stereocenters. The SMILES string of the molecule is Cc1ccccc1S(=O)(=O)N(C)C(C)CO. The molecule has 0 aliphatic carbocycles. The topological polar surface area (TPSA) is 57.6 Å². The van der Waals surface area contributed by atoms with Gasteiger partial charge in [0.25, 0.3) is 0 Å². The van der Waals surface area contributed by atoms with Crippen molar-refractivity contribution >= 4 is 10.0 Å². The molecule has 0 aliphatic heterocycles. The van der Waals surface area contributed by atoms with Gasteiger partial charge in [0, 0.05) is 13.1 Å². The molecule has 1 N–H and O–H groups in total. The summed E-state index contributed by atoms with van der Waals surface area (Å²) in [6.45, 7) is 3.22. The molecule has 0 aliphatic rings. The predicted molar refractivity (Wildman–Crippen MR) is 62.7 cm³/mol. The Labute approximate surface area is 96.6 Å². The Morgan fingerprint density at radius 1 is 1.38 bits per heavy atom. The molecule has 0 radical (unpaired) electrons. The van der Waals surface area contributed by atoms with E-state index in [1.165, 1.54) is 11.4 Å². The van der Waals surface area contributed by atoms with E-state index in [4.69, 9.17) is 5.11 Å². The fourth-order valence-electron chi connectivity index (χ4n) is 1.35. The summed E-state index contributed by atoms with van der Waals surface area (Å²) in [7, 11) is -2.03. The second-order valence-electron chi connectivity index (χ2n) is 3.82. The Morgan fingerprint density at radius 2 is 1.94 bits per heavy atom. The molecule has 0 aromatic heterocycles. The first kappa shape index (κ1) is 13.2. The van der Waals surface area contributed by atoms with E-state index in [9.17, 15) is 8.42 Å². The minimum Gasteiger partial charge on any atom is -0.395 e. The number of likely N-dealkylation sites (N-methyl/N-ethyl adjacent to an activating group) is 1. The second-order valence-corrected chi connectivity index (χ2v) is 5.78. The normalized spacial score (nSPS) is 14.1. The first-order chi connectivity index (χ1) is 7.41. The summed E-state index contributed by atoms with van der Waals surface area (Å²) in [5.41, 5.74) is 0.708. The van der Waals surface area contributed by atoms with Crippen LogP contribution in [0.4, 0.5) is 0 Å². The maximum atomic E-state index is 12.2. The third-order valence-corrected chi connectivity index (χ3v) is 4.77. The van der Waals surface area contributed by atoms with Crippen LogP contribution in [0.25, 0.3) is 0 Å². The summed E-state index contributed by atoms with van der Waals surface area (Å²) < 4.78 is 25.5. The zero-order valence-corrected chi connectivity index (χ0v) is 10.5. The van der Waals surface area contributed by atoms with Gasteiger partial charge in [0.15, 0.2) is 0 Å². The van der Waals surface area contributed by atoms with Gasteiger partial charge in [-0.15, -0.1) is 0 Å². The summed E-state index contributed by atoms with van der Waals surface area (Å²) in [6.07, 6.45) is 0. The van der Waals surface area contributed by atoms with Crippen molar-refractivity contribution in [1.82, 2.24) is 4.31 Å². The first-order valence-electron chi connectivity index (χ1n) is 5.05. The minimum absolute atomic E-state index is 0.193. The third-order valence-electron chi connectivity index (χ3n) is 2.64. The van der Waals surface area contributed by atoms with Crippen LogP contribution in [0.15, 0.2) is 29.2 Å². The molecule has 1 aromatic carbocycles. The highest BCUT2D eigenvalue weighted by Gasteiger charge is 2.25. The van der Waals surface area contributed by atoms with Crippen molar-refractivity contribution in [2.75, 3.05) is 13.7 Å². The quantitative estimate of drug-likeness (QED) is 0.858. The summed E-state index contributed by atoms with van der Waals surface area (Å²) in [6, 6.07) is 6.39. The minimum atomic E-state index is -3.51. The monoisotopic (exact) mass is 243 g/mol. The Balaban J connectivity index is 3.17. The fourth-order valence-corrected chi connectivity index (χ4v) is 2.93. The molecule has 0 amide bonds. The lowest BCUT2D eigenvalue weighted by atomic mass is 10.2. The van der Waals surface area contributed by atoms with Gasteiger partial charge < -0.3 is 5.11 Å². The van der Waals surface area contributed by atoms with Crippen molar-refractivity contribution in [2.24, 2.45) is 0 Å². The van der Waals surface area contributed by atoms with Crippen molar-refractivity contribution in [1.29, 1.82) is 0 Å². The molecule has 0 spiro atoms. The fraction of sp³-hybridized carbons (Fsp3) is 0.455. The van der Waals surface area contributed by atoms with E-state index in [2.05, 4.69) is 0 Å². The maximum Gasteiger partial charge on any atom is 0.243 e. The zero-order chi connectivity index (χ0) is 12.3. The number of rotatable bonds is 4. The lowest BCUT2D eigenvalue weighted by Crippen LogP contribution is -2.37. The van der Waals surface area contributed by atoms with Crippen LogP contribution in [0.2, 0.25) is 0 Å². The van der Waals surface area contributed by atoms with Gasteiger partial charge in [-0.25, -0.2) is 8.42 Å². The lowest BCUT2D eigenvalue weighted by Gasteiger charge is -2.23. The van der Waals surface area contributed by atoms with Crippen molar-refractivity contribution in [3.63, 3.8) is 0 Å². The van der Waals surface area contributed by atoms with Crippen LogP contribution >= 0.6 is 0 Å². The number of sulfonamides is 1. The average molecular weight is 243 g/mol. The molecule has 0 fully saturated rings. The zero-order valence-electron chi connectivity index (χ0n) is 9.71. The van der Waals surface area contributed by atoms with Gasteiger partial charge >= 0.3 is 0 Å². The summed E-state index contributed by atoms with van der Waals surface area (Å²) in [5.74, 6) is 0. The molecule has 1 rings (SSSR count). The van der Waals surface area contributed by atoms with E-state index >= 15 is 0 Å². The van der Waals surface area contributed by atoms with E-state index in [0.29, 0.717) is 5.56 Å². The van der Waals surface area contributed by atoms with Crippen LogP contribution in [0, 0.1) is 6.92 Å². The molecule has 1 unspecified atom stereocenters. The Bertz CT molecular complexity index is 456. The highest BCUT2D eigenvalue weighted by molar-refractivity contribution is 7.89. The molecule has 0 saturated heterocycles. The van der Waals surface area contributed by atoms with E-state index in [-0.39, 0.29) is 11.5 Å². The number of aryl methyl sites for hydroxylation is 1. The number of nitrogens with zero attached hydrogens (tertiary/aromatic N) is 1. The van der Waals surface area contributed by atoms with E-state index < -0.39 is 16.1 Å². The van der Waals surface area contributed by atoms with Gasteiger partial charge in [-0.2, -0.15) is 4.31 Å². The van der Waals surface area contributed by atoms with Gasteiger partial charge in [-0.05, 0) is 25.5 Å². The van der Waals surface area contributed by atoms with Gasteiger partial charge in [-0.1, -0.05) is 18.2 Å². The molecular formula is C11H17NO3S. The number of aliphatic hydroxyl groups is 1. The molecule has 90 valence electrons. The largest absolute Gasteiger partial charge is 0.395 e. The molecule has 0 heterocycles. The summed E-state index contributed by atoms with van der Waals surface area (Å²) >= 11 is 0. The molecule has 5 heteroatoms. The molecule has 16 heavy (non-hydrogen) atoms. The smallest absolute Gasteiger partial charge is 0.243 e. The van der Waals surface area contributed by atoms with Crippen molar-refractivity contribution in [2.45, 2.75) is 24.8 Å². The average Bonchev–Trinajstić information content (AvgIpc) is 2.27. The number of hydrogen-bond donors (Lipinski definition) is 1. The first-order valence-corrected chi connectivity index (χ1v) is 6.49. The van der Waals surface area contributed by atoms with E-state index in [1.54, 1.807) is 38.1 Å². The highest BCUT2D eigenvalue weighted by atomic mass is 32.2. The predicted octanol–water partition coefficient (Wildman–Crippen LogP) is 0.996. The van der Waals surface area contributed by atoms with Crippen molar-refractivity contribution in [3.05, 3.63) is 29.8 Å². The molecule has 0 saturated carbocycles. The molecule has 4 nitrogen and oxygen atoms in total. The van der Waals surface area contributed by atoms with Crippen LogP contribution < -0.4 is 0 Å². The number of aliphatic hydroxyl groups excluding tert-OH is 1. The van der Waals surface area contributed by atoms with Gasteiger partial charge in [-0.3, -0.25) is 0 Å². The summed E-state index contributed by atoms with van der Waals surface area (Å²) in [4.78, 5) is 0.290. The Hall–Kier alpha value is -0.910. The molecule has 1 aromatic rings. The third kappa shape index (κ3) is 2.42. The lowest BCUT2D eigenvalue weighted by molar-refractivity contribution is 0.214. The number of benzene rings is 1. The van der Waals surface area contributed by atoms with E-state index in [0.717, 1.165) is 0 Å². The molecule has 0 bridgehead atoms.